The molecule has 0 bridgehead atoms. The summed E-state index contributed by atoms with van der Waals surface area (Å²) in [7, 11) is 0. The molecule has 0 saturated carbocycles. The van der Waals surface area contributed by atoms with Crippen LogP contribution in [0.4, 0.5) is 5.69 Å². The lowest BCUT2D eigenvalue weighted by molar-refractivity contribution is 0.212. The zero-order chi connectivity index (χ0) is 18.5. The van der Waals surface area contributed by atoms with Crippen molar-refractivity contribution in [3.05, 3.63) is 95.8 Å². The molecule has 4 rings (SSSR count). The first-order valence-electron chi connectivity index (χ1n) is 9.30. The first-order chi connectivity index (χ1) is 13.4. The van der Waals surface area contributed by atoms with Crippen molar-refractivity contribution in [2.45, 2.75) is 6.04 Å². The van der Waals surface area contributed by atoms with Crippen molar-refractivity contribution in [1.29, 1.82) is 5.26 Å². The van der Waals surface area contributed by atoms with Gasteiger partial charge in [0, 0.05) is 38.6 Å². The Balaban J connectivity index is 1.57. The fourth-order valence-electron chi connectivity index (χ4n) is 3.86. The second kappa shape index (κ2) is 8.03. The molecule has 0 radical (unpaired) electrons. The molecule has 0 amide bonds. The van der Waals surface area contributed by atoms with Crippen LogP contribution < -0.4 is 4.90 Å². The molecule has 1 aromatic heterocycles. The number of nitriles is 1. The number of pyridine rings is 1. The van der Waals surface area contributed by atoms with Crippen LogP contribution in [0.1, 0.15) is 22.7 Å². The van der Waals surface area contributed by atoms with Crippen LogP contribution in [0.5, 0.6) is 0 Å². The average Bonchev–Trinajstić information content (AvgIpc) is 2.76. The zero-order valence-corrected chi connectivity index (χ0v) is 15.2. The van der Waals surface area contributed by atoms with E-state index in [1.807, 2.05) is 36.7 Å². The molecular formula is C23H22N4. The number of aromatic nitrogens is 1. The van der Waals surface area contributed by atoms with Crippen molar-refractivity contribution in [3.8, 4) is 6.07 Å². The van der Waals surface area contributed by atoms with Gasteiger partial charge in [-0.25, -0.2) is 0 Å². The highest BCUT2D eigenvalue weighted by Crippen LogP contribution is 2.30. The molecule has 1 unspecified atom stereocenters. The zero-order valence-electron chi connectivity index (χ0n) is 15.2. The summed E-state index contributed by atoms with van der Waals surface area (Å²) in [5, 5.41) is 9.39. The second-order valence-electron chi connectivity index (χ2n) is 6.75. The van der Waals surface area contributed by atoms with Gasteiger partial charge in [0.1, 0.15) is 6.07 Å². The van der Waals surface area contributed by atoms with E-state index >= 15 is 0 Å². The predicted octanol–water partition coefficient (Wildman–Crippen LogP) is 3.86. The lowest BCUT2D eigenvalue weighted by atomic mass is 9.97. The Morgan fingerprint density at radius 2 is 1.41 bits per heavy atom. The molecule has 1 aliphatic rings. The molecule has 134 valence electrons. The molecule has 2 aromatic carbocycles. The van der Waals surface area contributed by atoms with E-state index in [9.17, 15) is 5.26 Å². The average molecular weight is 354 g/mol. The lowest BCUT2D eigenvalue weighted by Crippen LogP contribution is -2.48. The number of para-hydroxylation sites is 1. The van der Waals surface area contributed by atoms with Crippen LogP contribution in [0.15, 0.2) is 79.1 Å². The fourth-order valence-corrected chi connectivity index (χ4v) is 3.86. The van der Waals surface area contributed by atoms with Gasteiger partial charge in [-0.3, -0.25) is 9.88 Å². The van der Waals surface area contributed by atoms with E-state index in [-0.39, 0.29) is 6.04 Å². The van der Waals surface area contributed by atoms with E-state index in [0.29, 0.717) is 0 Å². The van der Waals surface area contributed by atoms with E-state index in [4.69, 9.17) is 0 Å². The first-order valence-corrected chi connectivity index (χ1v) is 9.30. The minimum Gasteiger partial charge on any atom is -0.368 e. The van der Waals surface area contributed by atoms with Crippen LogP contribution in [0.2, 0.25) is 0 Å². The molecule has 0 spiro atoms. The van der Waals surface area contributed by atoms with E-state index in [1.165, 1.54) is 11.1 Å². The monoisotopic (exact) mass is 354 g/mol. The van der Waals surface area contributed by atoms with Gasteiger partial charge in [0.2, 0.25) is 0 Å². The van der Waals surface area contributed by atoms with Crippen LogP contribution in [0.25, 0.3) is 0 Å². The molecule has 1 fully saturated rings. The number of benzene rings is 2. The molecule has 1 saturated heterocycles. The van der Waals surface area contributed by atoms with E-state index in [1.54, 1.807) is 0 Å². The van der Waals surface area contributed by atoms with Crippen LogP contribution in [-0.4, -0.2) is 36.1 Å². The van der Waals surface area contributed by atoms with Crippen molar-refractivity contribution in [1.82, 2.24) is 9.88 Å². The van der Waals surface area contributed by atoms with E-state index in [0.717, 1.165) is 37.4 Å². The van der Waals surface area contributed by atoms with Gasteiger partial charge in [-0.1, -0.05) is 42.5 Å². The molecule has 4 nitrogen and oxygen atoms in total. The van der Waals surface area contributed by atoms with Gasteiger partial charge in [-0.2, -0.15) is 5.26 Å². The summed E-state index contributed by atoms with van der Waals surface area (Å²) in [6, 6.07) is 25.3. The van der Waals surface area contributed by atoms with Gasteiger partial charge >= 0.3 is 0 Å². The maximum atomic E-state index is 9.39. The highest BCUT2D eigenvalue weighted by atomic mass is 15.3. The fraction of sp³-hybridized carbons (Fsp3) is 0.217. The Hall–Kier alpha value is -3.16. The molecular weight excluding hydrogens is 332 g/mol. The topological polar surface area (TPSA) is 43.2 Å². The van der Waals surface area contributed by atoms with Crippen LogP contribution >= 0.6 is 0 Å². The third-order valence-corrected chi connectivity index (χ3v) is 5.18. The summed E-state index contributed by atoms with van der Waals surface area (Å²) in [5.41, 5.74) is 4.36. The largest absolute Gasteiger partial charge is 0.368 e. The number of hydrogen-bond donors (Lipinski definition) is 0. The van der Waals surface area contributed by atoms with E-state index < -0.39 is 0 Å². The Labute approximate surface area is 160 Å². The number of nitrogens with zero attached hydrogens (tertiary/aromatic N) is 4. The molecule has 4 heteroatoms. The van der Waals surface area contributed by atoms with Gasteiger partial charge in [-0.15, -0.1) is 0 Å². The van der Waals surface area contributed by atoms with Crippen LogP contribution in [-0.2, 0) is 0 Å². The van der Waals surface area contributed by atoms with Gasteiger partial charge in [0.15, 0.2) is 0 Å². The van der Waals surface area contributed by atoms with Gasteiger partial charge < -0.3 is 4.90 Å². The molecule has 1 atom stereocenters. The van der Waals surface area contributed by atoms with Crippen molar-refractivity contribution < 1.29 is 0 Å². The Morgan fingerprint density at radius 3 is 2.11 bits per heavy atom. The normalized spacial score (nSPS) is 15.9. The summed E-state index contributed by atoms with van der Waals surface area (Å²) in [6.07, 6.45) is 3.73. The first kappa shape index (κ1) is 17.3. The predicted molar refractivity (Wildman–Crippen MR) is 107 cm³/mol. The highest BCUT2D eigenvalue weighted by molar-refractivity contribution is 5.59. The Kier molecular flexibility index (Phi) is 5.13. The summed E-state index contributed by atoms with van der Waals surface area (Å²) >= 11 is 0. The van der Waals surface area contributed by atoms with Gasteiger partial charge in [-0.05, 0) is 35.4 Å². The summed E-state index contributed by atoms with van der Waals surface area (Å²) < 4.78 is 0. The maximum Gasteiger partial charge on any atom is 0.101 e. The molecule has 0 N–H and O–H groups in total. The van der Waals surface area contributed by atoms with Crippen molar-refractivity contribution in [3.63, 3.8) is 0 Å². The molecule has 3 aromatic rings. The molecule has 0 aliphatic carbocycles. The number of anilines is 1. The second-order valence-corrected chi connectivity index (χ2v) is 6.75. The maximum absolute atomic E-state index is 9.39. The molecule has 1 aliphatic heterocycles. The van der Waals surface area contributed by atoms with Crippen molar-refractivity contribution >= 4 is 5.69 Å². The van der Waals surface area contributed by atoms with Crippen LogP contribution in [0, 0.1) is 11.3 Å². The standard InChI is InChI=1S/C23H22N4/c24-18-21-8-4-5-9-22(21)26-14-16-27(17-15-26)23(19-6-2-1-3-7-19)20-10-12-25-13-11-20/h1-13,23H,14-17H2. The summed E-state index contributed by atoms with van der Waals surface area (Å²) in [4.78, 5) is 9.03. The summed E-state index contributed by atoms with van der Waals surface area (Å²) in [6.45, 7) is 3.71. The Bertz CT molecular complexity index is 870. The number of rotatable bonds is 4. The molecule has 27 heavy (non-hydrogen) atoms. The number of hydrogen-bond acceptors (Lipinski definition) is 4. The smallest absolute Gasteiger partial charge is 0.101 e. The van der Waals surface area contributed by atoms with Crippen molar-refractivity contribution in [2.75, 3.05) is 31.1 Å². The third kappa shape index (κ3) is 3.69. The SMILES string of the molecule is N#Cc1ccccc1N1CCN(C(c2ccccc2)c2ccncc2)CC1. The van der Waals surface area contributed by atoms with Crippen LogP contribution in [0.3, 0.4) is 0 Å². The molecule has 2 heterocycles. The Morgan fingerprint density at radius 1 is 0.778 bits per heavy atom. The summed E-state index contributed by atoms with van der Waals surface area (Å²) in [5.74, 6) is 0. The number of piperazine rings is 1. The highest BCUT2D eigenvalue weighted by Gasteiger charge is 2.27. The third-order valence-electron chi connectivity index (χ3n) is 5.18. The van der Waals surface area contributed by atoms with Crippen molar-refractivity contribution in [2.24, 2.45) is 0 Å². The van der Waals surface area contributed by atoms with E-state index in [2.05, 4.69) is 63.3 Å². The lowest BCUT2D eigenvalue weighted by Gasteiger charge is -2.40. The van der Waals surface area contributed by atoms with Gasteiger partial charge in [0.05, 0.1) is 17.3 Å². The quantitative estimate of drug-likeness (QED) is 0.713. The van der Waals surface area contributed by atoms with Gasteiger partial charge in [0.25, 0.3) is 0 Å². The minimum atomic E-state index is 0.225. The minimum absolute atomic E-state index is 0.225.